The topological polar surface area (TPSA) is 20.2 Å². The van der Waals surface area contributed by atoms with Crippen molar-refractivity contribution in [2.24, 2.45) is 0 Å². The second-order valence-electron chi connectivity index (χ2n) is 3.97. The van der Waals surface area contributed by atoms with E-state index in [1.54, 1.807) is 0 Å². The molecule has 1 N–H and O–H groups in total. The number of hydrogen-bond acceptors (Lipinski definition) is 1. The molecule has 1 heteroatoms. The van der Waals surface area contributed by atoms with E-state index in [0.717, 1.165) is 11.5 Å². The minimum absolute atomic E-state index is 0.333. The molecule has 1 aliphatic carbocycles. The van der Waals surface area contributed by atoms with Gasteiger partial charge in [-0.15, -0.1) is 0 Å². The number of aliphatic hydroxyl groups is 1. The Balaban J connectivity index is 2.21. The van der Waals surface area contributed by atoms with Gasteiger partial charge in [0, 0.05) is 0 Å². The molecule has 0 aromatic heterocycles. The molecule has 0 aliphatic heterocycles. The molecule has 1 saturated carbocycles. The van der Waals surface area contributed by atoms with Crippen molar-refractivity contribution in [3.63, 3.8) is 0 Å². The molecule has 0 radical (unpaired) electrons. The molecular weight excluding hydrogens is 160 g/mol. The second-order valence-corrected chi connectivity index (χ2v) is 3.97. The largest absolute Gasteiger partial charge is 0.389 e. The maximum Gasteiger partial charge on any atom is 0.0762 e. The van der Waals surface area contributed by atoms with Crippen LogP contribution in [0.2, 0.25) is 0 Å². The Morgan fingerprint density at radius 2 is 2.15 bits per heavy atom. The van der Waals surface area contributed by atoms with Crippen molar-refractivity contribution in [1.82, 2.24) is 0 Å². The lowest BCUT2D eigenvalue weighted by molar-refractivity contribution is 0.199. The Bertz CT molecular complexity index is 287. The van der Waals surface area contributed by atoms with Gasteiger partial charge in [0.1, 0.15) is 0 Å². The molecule has 1 aromatic rings. The average molecular weight is 176 g/mol. The van der Waals surface area contributed by atoms with Crippen LogP contribution >= 0.6 is 0 Å². The minimum atomic E-state index is -0.333. The summed E-state index contributed by atoms with van der Waals surface area (Å²) in [5.41, 5.74) is 2.45. The molecule has 0 spiro atoms. The van der Waals surface area contributed by atoms with Crippen LogP contribution in [0, 0.1) is 0 Å². The van der Waals surface area contributed by atoms with E-state index in [-0.39, 0.29) is 6.10 Å². The molecule has 1 aromatic carbocycles. The fourth-order valence-electron chi connectivity index (χ4n) is 1.81. The molecule has 1 atom stereocenters. The van der Waals surface area contributed by atoms with E-state index < -0.39 is 0 Å². The van der Waals surface area contributed by atoms with Crippen LogP contribution in [-0.4, -0.2) is 5.11 Å². The second kappa shape index (κ2) is 3.51. The molecule has 1 unspecified atom stereocenters. The van der Waals surface area contributed by atoms with Gasteiger partial charge in [-0.25, -0.2) is 0 Å². The number of benzene rings is 1. The summed E-state index contributed by atoms with van der Waals surface area (Å²) < 4.78 is 0. The number of rotatable bonds is 2. The standard InChI is InChI=1S/C12H16O/c1-9(13)11-6-3-7-12(8-11)10-4-2-5-10/h3,6-10,13H,2,4-5H2,1H3. The monoisotopic (exact) mass is 176 g/mol. The molecule has 13 heavy (non-hydrogen) atoms. The van der Waals surface area contributed by atoms with E-state index in [2.05, 4.69) is 18.2 Å². The minimum Gasteiger partial charge on any atom is -0.389 e. The predicted octanol–water partition coefficient (Wildman–Crippen LogP) is 3.01. The molecule has 1 nitrogen and oxygen atoms in total. The molecule has 0 bridgehead atoms. The third-order valence-electron chi connectivity index (χ3n) is 2.97. The van der Waals surface area contributed by atoms with Gasteiger partial charge < -0.3 is 5.11 Å². The van der Waals surface area contributed by atoms with Crippen molar-refractivity contribution in [3.8, 4) is 0 Å². The first-order valence-electron chi connectivity index (χ1n) is 5.05. The van der Waals surface area contributed by atoms with Gasteiger partial charge in [-0.3, -0.25) is 0 Å². The van der Waals surface area contributed by atoms with E-state index in [9.17, 15) is 5.11 Å². The van der Waals surface area contributed by atoms with Crippen LogP contribution in [0.1, 0.15) is 49.3 Å². The summed E-state index contributed by atoms with van der Waals surface area (Å²) in [6, 6.07) is 8.37. The zero-order valence-corrected chi connectivity index (χ0v) is 8.03. The maximum atomic E-state index is 9.42. The van der Waals surface area contributed by atoms with Gasteiger partial charge in [0.15, 0.2) is 0 Å². The fraction of sp³-hybridized carbons (Fsp3) is 0.500. The van der Waals surface area contributed by atoms with Gasteiger partial charge in [0.05, 0.1) is 6.10 Å². The predicted molar refractivity (Wildman–Crippen MR) is 53.7 cm³/mol. The Kier molecular flexibility index (Phi) is 2.36. The van der Waals surface area contributed by atoms with Crippen molar-refractivity contribution in [1.29, 1.82) is 0 Å². The summed E-state index contributed by atoms with van der Waals surface area (Å²) in [4.78, 5) is 0. The maximum absolute atomic E-state index is 9.42. The van der Waals surface area contributed by atoms with Crippen molar-refractivity contribution in [2.45, 2.75) is 38.2 Å². The zero-order valence-electron chi connectivity index (χ0n) is 8.03. The summed E-state index contributed by atoms with van der Waals surface area (Å²) in [5.74, 6) is 0.763. The lowest BCUT2D eigenvalue weighted by Crippen LogP contribution is -2.09. The third kappa shape index (κ3) is 1.75. The van der Waals surface area contributed by atoms with Crippen LogP contribution in [0.25, 0.3) is 0 Å². The lowest BCUT2D eigenvalue weighted by atomic mass is 9.79. The van der Waals surface area contributed by atoms with E-state index in [4.69, 9.17) is 0 Å². The highest BCUT2D eigenvalue weighted by Crippen LogP contribution is 2.36. The first kappa shape index (κ1) is 8.76. The first-order valence-corrected chi connectivity index (χ1v) is 5.05. The molecule has 1 aliphatic rings. The van der Waals surface area contributed by atoms with Crippen LogP contribution in [0.3, 0.4) is 0 Å². The van der Waals surface area contributed by atoms with Crippen molar-refractivity contribution >= 4 is 0 Å². The van der Waals surface area contributed by atoms with Crippen LogP contribution < -0.4 is 0 Å². The van der Waals surface area contributed by atoms with E-state index in [0.29, 0.717) is 0 Å². The molecule has 2 rings (SSSR count). The van der Waals surface area contributed by atoms with Gasteiger partial charge in [-0.05, 0) is 36.8 Å². The Hall–Kier alpha value is -0.820. The third-order valence-corrected chi connectivity index (χ3v) is 2.97. The van der Waals surface area contributed by atoms with Gasteiger partial charge in [-0.1, -0.05) is 30.7 Å². The summed E-state index contributed by atoms with van der Waals surface area (Å²) in [6.45, 7) is 1.82. The van der Waals surface area contributed by atoms with Gasteiger partial charge >= 0.3 is 0 Å². The number of aliphatic hydroxyl groups excluding tert-OH is 1. The van der Waals surface area contributed by atoms with Crippen LogP contribution in [0.4, 0.5) is 0 Å². The van der Waals surface area contributed by atoms with E-state index in [1.807, 2.05) is 13.0 Å². The molecule has 0 amide bonds. The highest BCUT2D eigenvalue weighted by atomic mass is 16.3. The van der Waals surface area contributed by atoms with Gasteiger partial charge in [0.2, 0.25) is 0 Å². The van der Waals surface area contributed by atoms with Gasteiger partial charge in [0.25, 0.3) is 0 Å². The Morgan fingerprint density at radius 3 is 2.69 bits per heavy atom. The normalized spacial score (nSPS) is 19.5. The highest BCUT2D eigenvalue weighted by Gasteiger charge is 2.19. The molecule has 0 saturated heterocycles. The summed E-state index contributed by atoms with van der Waals surface area (Å²) in [6.07, 6.45) is 3.68. The molecule has 70 valence electrons. The van der Waals surface area contributed by atoms with Crippen LogP contribution in [0.15, 0.2) is 24.3 Å². The SMILES string of the molecule is CC(O)c1cccc(C2CCC2)c1. The Morgan fingerprint density at radius 1 is 1.38 bits per heavy atom. The smallest absolute Gasteiger partial charge is 0.0762 e. The van der Waals surface area contributed by atoms with E-state index in [1.165, 1.54) is 24.8 Å². The quantitative estimate of drug-likeness (QED) is 0.734. The summed E-state index contributed by atoms with van der Waals surface area (Å²) in [5, 5.41) is 9.42. The van der Waals surface area contributed by atoms with Crippen LogP contribution in [-0.2, 0) is 0 Å². The lowest BCUT2D eigenvalue weighted by Gasteiger charge is -2.26. The van der Waals surface area contributed by atoms with Crippen molar-refractivity contribution < 1.29 is 5.11 Å². The highest BCUT2D eigenvalue weighted by molar-refractivity contribution is 5.28. The summed E-state index contributed by atoms with van der Waals surface area (Å²) >= 11 is 0. The fourth-order valence-corrected chi connectivity index (χ4v) is 1.81. The van der Waals surface area contributed by atoms with Crippen molar-refractivity contribution in [3.05, 3.63) is 35.4 Å². The number of hydrogen-bond donors (Lipinski definition) is 1. The Labute approximate surface area is 79.4 Å². The average Bonchev–Trinajstić information content (AvgIpc) is 2.01. The van der Waals surface area contributed by atoms with Crippen molar-refractivity contribution in [2.75, 3.05) is 0 Å². The molecular formula is C12H16O. The first-order chi connectivity index (χ1) is 6.27. The van der Waals surface area contributed by atoms with Crippen LogP contribution in [0.5, 0.6) is 0 Å². The summed E-state index contributed by atoms with van der Waals surface area (Å²) in [7, 11) is 0. The van der Waals surface area contributed by atoms with Gasteiger partial charge in [-0.2, -0.15) is 0 Å². The zero-order chi connectivity index (χ0) is 9.26. The molecule has 0 heterocycles. The molecule has 1 fully saturated rings. The van der Waals surface area contributed by atoms with E-state index >= 15 is 0 Å².